The molecule has 0 radical (unpaired) electrons. The first-order valence-corrected chi connectivity index (χ1v) is 5.47. The molecule has 0 fully saturated rings. The first-order chi connectivity index (χ1) is 7.69. The number of rotatable bonds is 3. The molecule has 6 nitrogen and oxygen atoms in total. The lowest BCUT2D eigenvalue weighted by Gasteiger charge is -2.01. The van der Waals surface area contributed by atoms with Gasteiger partial charge in [0.25, 0.3) is 5.56 Å². The molecule has 2 aromatic rings. The van der Waals surface area contributed by atoms with E-state index in [1.807, 2.05) is 13.0 Å². The van der Waals surface area contributed by atoms with E-state index in [0.717, 1.165) is 10.6 Å². The van der Waals surface area contributed by atoms with Crippen LogP contribution in [0, 0.1) is 6.92 Å². The zero-order valence-electron chi connectivity index (χ0n) is 8.67. The van der Waals surface area contributed by atoms with Crippen LogP contribution < -0.4 is 16.8 Å². The number of hydrogen-bond acceptors (Lipinski definition) is 6. The highest BCUT2D eigenvalue weighted by molar-refractivity contribution is 7.15. The Balaban J connectivity index is 2.23. The summed E-state index contributed by atoms with van der Waals surface area (Å²) in [6, 6.07) is 3.47. The molecular weight excluding hydrogens is 226 g/mol. The van der Waals surface area contributed by atoms with Gasteiger partial charge in [-0.2, -0.15) is 0 Å². The standard InChI is InChI=1S/C9H11N5OS/c1-6-2-3-14(8(15)4-6)5-7-12-13-9(11-10)16-7/h2-4H,5,10H2,1H3,(H,11,13). The van der Waals surface area contributed by atoms with Crippen molar-refractivity contribution in [1.29, 1.82) is 0 Å². The molecule has 7 heteroatoms. The maximum absolute atomic E-state index is 11.6. The third kappa shape index (κ3) is 2.26. The normalized spacial score (nSPS) is 10.4. The first kappa shape index (κ1) is 10.8. The molecule has 0 aromatic carbocycles. The third-order valence-corrected chi connectivity index (χ3v) is 2.89. The molecule has 0 unspecified atom stereocenters. The van der Waals surface area contributed by atoms with Crippen LogP contribution in [0.1, 0.15) is 10.6 Å². The Labute approximate surface area is 95.7 Å². The minimum absolute atomic E-state index is 0.0440. The molecule has 0 spiro atoms. The Hall–Kier alpha value is -1.73. The second kappa shape index (κ2) is 4.42. The van der Waals surface area contributed by atoms with Gasteiger partial charge < -0.3 is 4.57 Å². The van der Waals surface area contributed by atoms with E-state index < -0.39 is 0 Å². The third-order valence-electron chi connectivity index (χ3n) is 2.05. The molecule has 0 saturated heterocycles. The number of pyridine rings is 1. The molecule has 0 aliphatic carbocycles. The van der Waals surface area contributed by atoms with E-state index >= 15 is 0 Å². The molecule has 0 bridgehead atoms. The predicted molar refractivity (Wildman–Crippen MR) is 62.3 cm³/mol. The van der Waals surface area contributed by atoms with E-state index in [1.165, 1.54) is 11.3 Å². The van der Waals surface area contributed by atoms with Crippen LogP contribution in [0.3, 0.4) is 0 Å². The number of hydrogen-bond donors (Lipinski definition) is 2. The average Bonchev–Trinajstić information content (AvgIpc) is 2.70. The van der Waals surface area contributed by atoms with Crippen molar-refractivity contribution in [3.8, 4) is 0 Å². The van der Waals surface area contributed by atoms with Crippen LogP contribution in [0.25, 0.3) is 0 Å². The second-order valence-electron chi connectivity index (χ2n) is 3.32. The lowest BCUT2D eigenvalue weighted by molar-refractivity contribution is 0.742. The molecule has 0 aliphatic heterocycles. The number of anilines is 1. The summed E-state index contributed by atoms with van der Waals surface area (Å²) in [4.78, 5) is 11.6. The zero-order valence-corrected chi connectivity index (χ0v) is 9.49. The van der Waals surface area contributed by atoms with Crippen LogP contribution in [0.2, 0.25) is 0 Å². The summed E-state index contributed by atoms with van der Waals surface area (Å²) in [5.41, 5.74) is 3.32. The Bertz CT molecular complexity index is 547. The highest BCUT2D eigenvalue weighted by Crippen LogP contribution is 2.13. The minimum atomic E-state index is -0.0440. The van der Waals surface area contributed by atoms with Gasteiger partial charge in [-0.1, -0.05) is 11.3 Å². The van der Waals surface area contributed by atoms with E-state index in [1.54, 1.807) is 16.8 Å². The Kier molecular flexibility index (Phi) is 2.97. The number of aromatic nitrogens is 3. The Morgan fingerprint density at radius 3 is 3.00 bits per heavy atom. The van der Waals surface area contributed by atoms with Gasteiger partial charge in [0.1, 0.15) is 5.01 Å². The summed E-state index contributed by atoms with van der Waals surface area (Å²) in [7, 11) is 0. The monoisotopic (exact) mass is 237 g/mol. The van der Waals surface area contributed by atoms with Crippen molar-refractivity contribution in [3.05, 3.63) is 39.3 Å². The van der Waals surface area contributed by atoms with Crippen molar-refractivity contribution in [2.45, 2.75) is 13.5 Å². The molecule has 0 amide bonds. The number of hydrazine groups is 1. The molecule has 0 atom stereocenters. The van der Waals surface area contributed by atoms with E-state index in [2.05, 4.69) is 15.6 Å². The van der Waals surface area contributed by atoms with Gasteiger partial charge in [0.05, 0.1) is 6.54 Å². The predicted octanol–water partition coefficient (Wildman–Crippen LogP) is 0.342. The molecule has 3 N–H and O–H groups in total. The van der Waals surface area contributed by atoms with E-state index in [4.69, 9.17) is 5.84 Å². The van der Waals surface area contributed by atoms with Gasteiger partial charge in [-0.15, -0.1) is 10.2 Å². The maximum Gasteiger partial charge on any atom is 0.251 e. The van der Waals surface area contributed by atoms with Gasteiger partial charge in [-0.05, 0) is 18.6 Å². The van der Waals surface area contributed by atoms with Gasteiger partial charge in [0.15, 0.2) is 0 Å². The maximum atomic E-state index is 11.6. The lowest BCUT2D eigenvalue weighted by Crippen LogP contribution is -2.19. The van der Waals surface area contributed by atoms with Gasteiger partial charge in [-0.3, -0.25) is 10.2 Å². The average molecular weight is 237 g/mol. The number of nitrogens with one attached hydrogen (secondary N) is 1. The summed E-state index contributed by atoms with van der Waals surface area (Å²) in [6.45, 7) is 2.30. The lowest BCUT2D eigenvalue weighted by atomic mass is 10.3. The smallest absolute Gasteiger partial charge is 0.251 e. The number of nitrogen functional groups attached to an aromatic ring is 1. The summed E-state index contributed by atoms with van der Waals surface area (Å²) in [6.07, 6.45) is 1.74. The fraction of sp³-hybridized carbons (Fsp3) is 0.222. The molecule has 2 aromatic heterocycles. The van der Waals surface area contributed by atoms with Crippen LogP contribution in [0.4, 0.5) is 5.13 Å². The molecule has 2 rings (SSSR count). The second-order valence-corrected chi connectivity index (χ2v) is 4.38. The molecular formula is C9H11N5OS. The summed E-state index contributed by atoms with van der Waals surface area (Å²) in [5, 5.41) is 8.98. The number of nitrogens with zero attached hydrogens (tertiary/aromatic N) is 3. The van der Waals surface area contributed by atoms with Crippen LogP contribution in [0.5, 0.6) is 0 Å². The van der Waals surface area contributed by atoms with Crippen molar-refractivity contribution in [2.75, 3.05) is 5.43 Å². The fourth-order valence-corrected chi connectivity index (χ4v) is 1.91. The van der Waals surface area contributed by atoms with E-state index in [9.17, 15) is 4.79 Å². The Morgan fingerprint density at radius 1 is 1.56 bits per heavy atom. The highest BCUT2D eigenvalue weighted by Gasteiger charge is 2.04. The highest BCUT2D eigenvalue weighted by atomic mass is 32.1. The van der Waals surface area contributed by atoms with Crippen molar-refractivity contribution in [3.63, 3.8) is 0 Å². The molecule has 0 saturated carbocycles. The van der Waals surface area contributed by atoms with Crippen molar-refractivity contribution >= 4 is 16.5 Å². The van der Waals surface area contributed by atoms with E-state index in [-0.39, 0.29) is 5.56 Å². The van der Waals surface area contributed by atoms with Crippen molar-refractivity contribution in [2.24, 2.45) is 5.84 Å². The van der Waals surface area contributed by atoms with Gasteiger partial charge in [0, 0.05) is 12.3 Å². The minimum Gasteiger partial charge on any atom is -0.309 e. The summed E-state index contributed by atoms with van der Waals surface area (Å²) < 4.78 is 1.58. The van der Waals surface area contributed by atoms with Crippen molar-refractivity contribution < 1.29 is 0 Å². The largest absolute Gasteiger partial charge is 0.309 e. The topological polar surface area (TPSA) is 85.8 Å². The SMILES string of the molecule is Cc1ccn(Cc2nnc(NN)s2)c(=O)c1. The van der Waals surface area contributed by atoms with E-state index in [0.29, 0.717) is 11.7 Å². The number of nitrogens with two attached hydrogens (primary N) is 1. The van der Waals surface area contributed by atoms with Gasteiger partial charge in [0.2, 0.25) is 5.13 Å². The van der Waals surface area contributed by atoms with Crippen LogP contribution >= 0.6 is 11.3 Å². The van der Waals surface area contributed by atoms with Crippen LogP contribution in [0.15, 0.2) is 23.1 Å². The summed E-state index contributed by atoms with van der Waals surface area (Å²) in [5.74, 6) is 5.20. The van der Waals surface area contributed by atoms with Gasteiger partial charge in [-0.25, -0.2) is 5.84 Å². The van der Waals surface area contributed by atoms with Crippen LogP contribution in [-0.2, 0) is 6.54 Å². The Morgan fingerprint density at radius 2 is 2.38 bits per heavy atom. The molecule has 84 valence electrons. The fourth-order valence-electron chi connectivity index (χ4n) is 1.26. The number of aryl methyl sites for hydroxylation is 1. The quantitative estimate of drug-likeness (QED) is 0.594. The summed E-state index contributed by atoms with van der Waals surface area (Å²) >= 11 is 1.32. The molecule has 16 heavy (non-hydrogen) atoms. The zero-order chi connectivity index (χ0) is 11.5. The van der Waals surface area contributed by atoms with Gasteiger partial charge >= 0.3 is 0 Å². The molecule has 2 heterocycles. The molecule has 0 aliphatic rings. The first-order valence-electron chi connectivity index (χ1n) is 4.65. The van der Waals surface area contributed by atoms with Crippen LogP contribution in [-0.4, -0.2) is 14.8 Å². The van der Waals surface area contributed by atoms with Crippen molar-refractivity contribution in [1.82, 2.24) is 14.8 Å².